The number of benzene rings is 2. The fourth-order valence-corrected chi connectivity index (χ4v) is 3.22. The van der Waals surface area contributed by atoms with Crippen LogP contribution in [0.2, 0.25) is 0 Å². The summed E-state index contributed by atoms with van der Waals surface area (Å²) in [4.78, 5) is 14.7. The maximum absolute atomic E-state index is 13.0. The van der Waals surface area contributed by atoms with Crippen LogP contribution in [0, 0.1) is 0 Å². The van der Waals surface area contributed by atoms with Gasteiger partial charge in [0.25, 0.3) is 5.91 Å². The maximum atomic E-state index is 13.0. The number of hydrogen-bond acceptors (Lipinski definition) is 3. The predicted octanol–water partition coefficient (Wildman–Crippen LogP) is 3.77. The van der Waals surface area contributed by atoms with E-state index < -0.39 is 0 Å². The number of hydrogen-bond donors (Lipinski definition) is 0. The number of aromatic nitrogens is 2. The molecule has 3 aromatic rings. The van der Waals surface area contributed by atoms with Gasteiger partial charge in [0.05, 0.1) is 31.1 Å². The molecular formula is C22H25N3O2. The van der Waals surface area contributed by atoms with Gasteiger partial charge in [-0.1, -0.05) is 55.5 Å². The number of amides is 1. The summed E-state index contributed by atoms with van der Waals surface area (Å²) in [6.45, 7) is 3.19. The van der Waals surface area contributed by atoms with Crippen molar-refractivity contribution in [1.82, 2.24) is 14.7 Å². The highest BCUT2D eigenvalue weighted by molar-refractivity contribution is 5.95. The Hall–Kier alpha value is -3.08. The summed E-state index contributed by atoms with van der Waals surface area (Å²) in [5.41, 5.74) is 3.75. The van der Waals surface area contributed by atoms with Crippen LogP contribution in [-0.2, 0) is 19.5 Å². The molecule has 140 valence electrons. The van der Waals surface area contributed by atoms with E-state index in [9.17, 15) is 4.79 Å². The summed E-state index contributed by atoms with van der Waals surface area (Å²) >= 11 is 0. The second-order valence-corrected chi connectivity index (χ2v) is 6.47. The minimum Gasteiger partial charge on any atom is -0.496 e. The first kappa shape index (κ1) is 18.7. The summed E-state index contributed by atoms with van der Waals surface area (Å²) in [6.07, 6.45) is 2.43. The lowest BCUT2D eigenvalue weighted by Gasteiger charge is -2.19. The summed E-state index contributed by atoms with van der Waals surface area (Å²) < 4.78 is 7.31. The lowest BCUT2D eigenvalue weighted by molar-refractivity contribution is 0.0783. The third-order valence-corrected chi connectivity index (χ3v) is 4.64. The molecule has 0 unspecified atom stereocenters. The van der Waals surface area contributed by atoms with E-state index in [1.165, 1.54) is 0 Å². The molecular weight excluding hydrogens is 338 g/mol. The van der Waals surface area contributed by atoms with Crippen LogP contribution in [-0.4, -0.2) is 34.7 Å². The van der Waals surface area contributed by atoms with Crippen LogP contribution in [0.5, 0.6) is 5.75 Å². The lowest BCUT2D eigenvalue weighted by atomic mass is 10.1. The van der Waals surface area contributed by atoms with E-state index in [2.05, 4.69) is 24.2 Å². The van der Waals surface area contributed by atoms with Gasteiger partial charge in [0.2, 0.25) is 0 Å². The van der Waals surface area contributed by atoms with Gasteiger partial charge in [-0.25, -0.2) is 0 Å². The second-order valence-electron chi connectivity index (χ2n) is 6.47. The van der Waals surface area contributed by atoms with E-state index >= 15 is 0 Å². The highest BCUT2D eigenvalue weighted by Gasteiger charge is 2.20. The topological polar surface area (TPSA) is 47.4 Å². The number of rotatable bonds is 7. The van der Waals surface area contributed by atoms with Gasteiger partial charge in [-0.3, -0.25) is 9.48 Å². The molecule has 1 heterocycles. The van der Waals surface area contributed by atoms with Crippen molar-refractivity contribution < 1.29 is 9.53 Å². The van der Waals surface area contributed by atoms with Crippen LogP contribution < -0.4 is 4.74 Å². The van der Waals surface area contributed by atoms with Gasteiger partial charge in [0.1, 0.15) is 5.75 Å². The highest BCUT2D eigenvalue weighted by atomic mass is 16.5. The second kappa shape index (κ2) is 8.54. The molecule has 0 atom stereocenters. The molecule has 2 aromatic carbocycles. The van der Waals surface area contributed by atoms with Crippen molar-refractivity contribution in [2.24, 2.45) is 0 Å². The number of ether oxygens (including phenoxy) is 1. The van der Waals surface area contributed by atoms with Gasteiger partial charge in [-0.15, -0.1) is 0 Å². The third kappa shape index (κ3) is 4.19. The molecule has 27 heavy (non-hydrogen) atoms. The molecule has 0 aliphatic carbocycles. The van der Waals surface area contributed by atoms with Crippen LogP contribution in [0.3, 0.4) is 0 Å². The molecule has 1 amide bonds. The van der Waals surface area contributed by atoms with E-state index in [0.29, 0.717) is 18.7 Å². The molecule has 3 rings (SSSR count). The van der Waals surface area contributed by atoms with Crippen molar-refractivity contribution in [1.29, 1.82) is 0 Å². The first-order chi connectivity index (χ1) is 13.1. The first-order valence-corrected chi connectivity index (χ1v) is 9.10. The van der Waals surface area contributed by atoms with Crippen LogP contribution in [0.1, 0.15) is 34.1 Å². The van der Waals surface area contributed by atoms with Crippen molar-refractivity contribution in [3.8, 4) is 5.75 Å². The first-order valence-electron chi connectivity index (χ1n) is 9.10. The molecule has 0 saturated carbocycles. The molecule has 0 radical (unpaired) electrons. The minimum atomic E-state index is -0.0305. The number of carbonyl (C=O) groups excluding carboxylic acids is 1. The Morgan fingerprint density at radius 1 is 1.11 bits per heavy atom. The average Bonchev–Trinajstić information content (AvgIpc) is 3.10. The van der Waals surface area contributed by atoms with Crippen molar-refractivity contribution in [3.63, 3.8) is 0 Å². The Morgan fingerprint density at radius 2 is 1.81 bits per heavy atom. The Bertz CT molecular complexity index is 903. The lowest BCUT2D eigenvalue weighted by Crippen LogP contribution is -2.27. The molecule has 5 heteroatoms. The normalized spacial score (nSPS) is 10.6. The monoisotopic (exact) mass is 363 g/mol. The van der Waals surface area contributed by atoms with Crippen LogP contribution in [0.15, 0.2) is 60.8 Å². The molecule has 0 aliphatic heterocycles. The molecule has 0 bridgehead atoms. The molecule has 0 saturated heterocycles. The minimum absolute atomic E-state index is 0.0305. The number of carbonyl (C=O) groups is 1. The number of nitrogens with zero attached hydrogens (tertiary/aromatic N) is 3. The largest absolute Gasteiger partial charge is 0.496 e. The van der Waals surface area contributed by atoms with Gasteiger partial charge in [-0.05, 0) is 18.1 Å². The van der Waals surface area contributed by atoms with Crippen LogP contribution in [0.25, 0.3) is 0 Å². The van der Waals surface area contributed by atoms with E-state index in [0.717, 1.165) is 29.0 Å². The Morgan fingerprint density at radius 3 is 2.52 bits per heavy atom. The maximum Gasteiger partial charge on any atom is 0.257 e. The summed E-state index contributed by atoms with van der Waals surface area (Å²) in [5, 5.41) is 4.47. The smallest absolute Gasteiger partial charge is 0.257 e. The van der Waals surface area contributed by atoms with E-state index in [1.54, 1.807) is 18.2 Å². The van der Waals surface area contributed by atoms with Crippen molar-refractivity contribution in [2.45, 2.75) is 26.4 Å². The standard InChI is InChI=1S/C22H25N3O2/c1-4-20-19(14-23-25(20)15-17-10-6-5-7-11-17)22(26)24(2)16-18-12-8-9-13-21(18)27-3/h5-14H,4,15-16H2,1-3H3. The number of methoxy groups -OCH3 is 1. The Labute approximate surface area is 160 Å². The van der Waals surface area contributed by atoms with E-state index in [4.69, 9.17) is 4.74 Å². The van der Waals surface area contributed by atoms with Gasteiger partial charge >= 0.3 is 0 Å². The molecule has 0 aliphatic rings. The quantitative estimate of drug-likeness (QED) is 0.642. The molecule has 5 nitrogen and oxygen atoms in total. The zero-order valence-corrected chi connectivity index (χ0v) is 16.1. The van der Waals surface area contributed by atoms with Gasteiger partial charge in [0, 0.05) is 19.2 Å². The predicted molar refractivity (Wildman–Crippen MR) is 106 cm³/mol. The van der Waals surface area contributed by atoms with Gasteiger partial charge in [-0.2, -0.15) is 5.10 Å². The van der Waals surface area contributed by atoms with Crippen molar-refractivity contribution in [2.75, 3.05) is 14.2 Å². The Kier molecular flexibility index (Phi) is 5.91. The summed E-state index contributed by atoms with van der Waals surface area (Å²) in [5.74, 6) is 0.754. The average molecular weight is 363 g/mol. The van der Waals surface area contributed by atoms with Crippen LogP contribution in [0.4, 0.5) is 0 Å². The molecule has 0 spiro atoms. The van der Waals surface area contributed by atoms with Crippen molar-refractivity contribution >= 4 is 5.91 Å². The molecule has 0 N–H and O–H groups in total. The molecule has 1 aromatic heterocycles. The van der Waals surface area contributed by atoms with Gasteiger partial charge < -0.3 is 9.64 Å². The van der Waals surface area contributed by atoms with Crippen molar-refractivity contribution in [3.05, 3.63) is 83.2 Å². The fourth-order valence-electron chi connectivity index (χ4n) is 3.22. The third-order valence-electron chi connectivity index (χ3n) is 4.64. The summed E-state index contributed by atoms with van der Waals surface area (Å²) in [6, 6.07) is 17.9. The molecule has 0 fully saturated rings. The van der Waals surface area contributed by atoms with E-state index in [-0.39, 0.29) is 5.91 Å². The zero-order valence-electron chi connectivity index (χ0n) is 16.1. The zero-order chi connectivity index (χ0) is 19.2. The fraction of sp³-hybridized carbons (Fsp3) is 0.273. The Balaban J connectivity index is 1.80. The highest BCUT2D eigenvalue weighted by Crippen LogP contribution is 2.21. The number of para-hydroxylation sites is 1. The van der Waals surface area contributed by atoms with Gasteiger partial charge in [0.15, 0.2) is 0 Å². The summed E-state index contributed by atoms with van der Waals surface area (Å²) in [7, 11) is 3.45. The SMILES string of the molecule is CCc1c(C(=O)N(C)Cc2ccccc2OC)cnn1Cc1ccccc1. The van der Waals surface area contributed by atoms with E-state index in [1.807, 2.05) is 54.2 Å². The van der Waals surface area contributed by atoms with Crippen LogP contribution >= 0.6 is 0 Å².